The van der Waals surface area contributed by atoms with E-state index in [9.17, 15) is 14.4 Å². The van der Waals surface area contributed by atoms with E-state index in [-0.39, 0.29) is 11.7 Å². The van der Waals surface area contributed by atoms with Gasteiger partial charge in [-0.05, 0) is 31.0 Å². The molecule has 2 aromatic carbocycles. The Morgan fingerprint density at radius 3 is 2.04 bits per heavy atom. The molecular formula is C20H21NO4. The van der Waals surface area contributed by atoms with Gasteiger partial charge in [-0.2, -0.15) is 0 Å². The number of Topliss-reactive ketones (excluding diaryl/α,β-unsaturated/α-hetero) is 1. The molecule has 1 N–H and O–H groups in total. The second kappa shape index (κ2) is 8.78. The van der Waals surface area contributed by atoms with Gasteiger partial charge in [0.25, 0.3) is 5.91 Å². The predicted molar refractivity (Wildman–Crippen MR) is 93.9 cm³/mol. The lowest BCUT2D eigenvalue weighted by atomic mass is 10.1. The van der Waals surface area contributed by atoms with E-state index in [1.54, 1.807) is 61.5 Å². The lowest BCUT2D eigenvalue weighted by Crippen LogP contribution is -2.37. The Morgan fingerprint density at radius 1 is 0.960 bits per heavy atom. The molecule has 0 bridgehead atoms. The normalized spacial score (nSPS) is 12.7. The van der Waals surface area contributed by atoms with E-state index in [0.29, 0.717) is 17.5 Å². The van der Waals surface area contributed by atoms with Crippen LogP contribution in [-0.4, -0.2) is 23.8 Å². The van der Waals surface area contributed by atoms with E-state index in [0.717, 1.165) is 0 Å². The molecule has 0 spiro atoms. The van der Waals surface area contributed by atoms with Crippen LogP contribution in [0, 0.1) is 0 Å². The molecule has 0 aliphatic carbocycles. The van der Waals surface area contributed by atoms with Crippen LogP contribution >= 0.6 is 0 Å². The van der Waals surface area contributed by atoms with Crippen LogP contribution in [0.25, 0.3) is 0 Å². The van der Waals surface area contributed by atoms with Crippen molar-refractivity contribution in [3.05, 3.63) is 71.8 Å². The van der Waals surface area contributed by atoms with Gasteiger partial charge >= 0.3 is 5.97 Å². The van der Waals surface area contributed by atoms with Gasteiger partial charge < -0.3 is 10.1 Å². The monoisotopic (exact) mass is 339 g/mol. The zero-order valence-electron chi connectivity index (χ0n) is 14.3. The summed E-state index contributed by atoms with van der Waals surface area (Å²) in [5, 5.41) is 2.69. The molecule has 0 saturated carbocycles. The van der Waals surface area contributed by atoms with Crippen molar-refractivity contribution < 1.29 is 19.1 Å². The largest absolute Gasteiger partial charge is 0.453 e. The van der Waals surface area contributed by atoms with E-state index < -0.39 is 18.1 Å². The Morgan fingerprint density at radius 2 is 1.52 bits per heavy atom. The van der Waals surface area contributed by atoms with Gasteiger partial charge in [0.1, 0.15) is 0 Å². The number of nitrogens with one attached hydrogen (secondary N) is 1. The summed E-state index contributed by atoms with van der Waals surface area (Å²) in [6, 6.07) is 16.4. The van der Waals surface area contributed by atoms with Crippen LogP contribution in [0.1, 0.15) is 42.2 Å². The Kier molecular flexibility index (Phi) is 6.46. The fraction of sp³-hybridized carbons (Fsp3) is 0.250. The topological polar surface area (TPSA) is 72.5 Å². The number of ether oxygens (including phenoxy) is 1. The van der Waals surface area contributed by atoms with E-state index >= 15 is 0 Å². The number of esters is 1. The molecular weight excluding hydrogens is 318 g/mol. The van der Waals surface area contributed by atoms with Crippen molar-refractivity contribution in [3.8, 4) is 0 Å². The van der Waals surface area contributed by atoms with Crippen LogP contribution < -0.4 is 5.32 Å². The van der Waals surface area contributed by atoms with Crippen LogP contribution in [0.3, 0.4) is 0 Å². The zero-order chi connectivity index (χ0) is 18.2. The third kappa shape index (κ3) is 5.01. The second-order valence-electron chi connectivity index (χ2n) is 5.63. The molecule has 2 aromatic rings. The first-order valence-electron chi connectivity index (χ1n) is 8.14. The molecule has 0 aromatic heterocycles. The van der Waals surface area contributed by atoms with Crippen molar-refractivity contribution in [1.82, 2.24) is 5.32 Å². The second-order valence-corrected chi connectivity index (χ2v) is 5.63. The fourth-order valence-corrected chi connectivity index (χ4v) is 2.39. The standard InChI is InChI=1S/C20H21NO4/c1-3-17(14(2)22)25-20(24)18(15-10-6-4-7-11-15)21-19(23)16-12-8-5-9-13-16/h4-13,17-18H,3H2,1-2H3,(H,21,23). The maximum Gasteiger partial charge on any atom is 0.334 e. The number of amides is 1. The summed E-state index contributed by atoms with van der Waals surface area (Å²) in [6.07, 6.45) is -0.429. The molecule has 5 nitrogen and oxygen atoms in total. The number of hydrogen-bond acceptors (Lipinski definition) is 4. The first-order chi connectivity index (χ1) is 12.0. The summed E-state index contributed by atoms with van der Waals surface area (Å²) in [4.78, 5) is 36.6. The quantitative estimate of drug-likeness (QED) is 0.787. The molecule has 0 heterocycles. The predicted octanol–water partition coefficient (Wildman–Crippen LogP) is 3.07. The lowest BCUT2D eigenvalue weighted by Gasteiger charge is -2.21. The molecule has 5 heteroatoms. The van der Waals surface area contributed by atoms with Crippen molar-refractivity contribution in [2.75, 3.05) is 0 Å². The van der Waals surface area contributed by atoms with Crippen molar-refractivity contribution >= 4 is 17.7 Å². The Bertz CT molecular complexity index is 728. The number of carbonyl (C=O) groups is 3. The summed E-state index contributed by atoms with van der Waals surface area (Å²) in [5.41, 5.74) is 1.03. The minimum absolute atomic E-state index is 0.225. The van der Waals surface area contributed by atoms with Crippen LogP contribution in [0.15, 0.2) is 60.7 Å². The van der Waals surface area contributed by atoms with E-state index in [1.807, 2.05) is 6.07 Å². The molecule has 25 heavy (non-hydrogen) atoms. The van der Waals surface area contributed by atoms with Crippen molar-refractivity contribution in [2.24, 2.45) is 0 Å². The first kappa shape index (κ1) is 18.4. The highest BCUT2D eigenvalue weighted by atomic mass is 16.5. The third-order valence-electron chi connectivity index (χ3n) is 3.76. The van der Waals surface area contributed by atoms with Gasteiger partial charge in [0.2, 0.25) is 0 Å². The third-order valence-corrected chi connectivity index (χ3v) is 3.76. The molecule has 0 radical (unpaired) electrons. The highest BCUT2D eigenvalue weighted by Crippen LogP contribution is 2.17. The van der Waals surface area contributed by atoms with Gasteiger partial charge in [-0.15, -0.1) is 0 Å². The molecule has 2 unspecified atom stereocenters. The summed E-state index contributed by atoms with van der Waals surface area (Å²) >= 11 is 0. The van der Waals surface area contributed by atoms with Crippen LogP contribution in [0.4, 0.5) is 0 Å². The molecule has 0 fully saturated rings. The average Bonchev–Trinajstić information content (AvgIpc) is 2.64. The van der Waals surface area contributed by atoms with Gasteiger partial charge in [-0.1, -0.05) is 55.5 Å². The SMILES string of the molecule is CCC(OC(=O)C(NC(=O)c1ccccc1)c1ccccc1)C(C)=O. The van der Waals surface area contributed by atoms with Gasteiger partial charge in [-0.3, -0.25) is 9.59 Å². The molecule has 2 rings (SSSR count). The van der Waals surface area contributed by atoms with Crippen molar-refractivity contribution in [3.63, 3.8) is 0 Å². The van der Waals surface area contributed by atoms with Gasteiger partial charge in [0.05, 0.1) is 0 Å². The molecule has 0 aliphatic heterocycles. The molecule has 0 aliphatic rings. The summed E-state index contributed by atoms with van der Waals surface area (Å²) < 4.78 is 5.31. The number of benzene rings is 2. The number of carbonyl (C=O) groups excluding carboxylic acids is 3. The zero-order valence-corrected chi connectivity index (χ0v) is 14.3. The van der Waals surface area contributed by atoms with E-state index in [1.165, 1.54) is 6.92 Å². The van der Waals surface area contributed by atoms with E-state index in [2.05, 4.69) is 5.32 Å². The smallest absolute Gasteiger partial charge is 0.334 e. The Hall–Kier alpha value is -2.95. The number of rotatable bonds is 7. The molecule has 1 amide bonds. The molecule has 0 saturated heterocycles. The Labute approximate surface area is 147 Å². The highest BCUT2D eigenvalue weighted by Gasteiger charge is 2.28. The summed E-state index contributed by atoms with van der Waals surface area (Å²) in [7, 11) is 0. The number of hydrogen-bond donors (Lipinski definition) is 1. The van der Waals surface area contributed by atoms with E-state index in [4.69, 9.17) is 4.74 Å². The minimum Gasteiger partial charge on any atom is -0.453 e. The lowest BCUT2D eigenvalue weighted by molar-refractivity contribution is -0.156. The van der Waals surface area contributed by atoms with Crippen LogP contribution in [0.2, 0.25) is 0 Å². The van der Waals surface area contributed by atoms with Crippen molar-refractivity contribution in [2.45, 2.75) is 32.4 Å². The fourth-order valence-electron chi connectivity index (χ4n) is 2.39. The average molecular weight is 339 g/mol. The van der Waals surface area contributed by atoms with Crippen LogP contribution in [-0.2, 0) is 14.3 Å². The van der Waals surface area contributed by atoms with Gasteiger partial charge in [0.15, 0.2) is 17.9 Å². The summed E-state index contributed by atoms with van der Waals surface area (Å²) in [6.45, 7) is 3.14. The molecule has 130 valence electrons. The van der Waals surface area contributed by atoms with Gasteiger partial charge in [-0.25, -0.2) is 4.79 Å². The van der Waals surface area contributed by atoms with Crippen LogP contribution in [0.5, 0.6) is 0 Å². The first-order valence-corrected chi connectivity index (χ1v) is 8.14. The summed E-state index contributed by atoms with van der Waals surface area (Å²) in [5.74, 6) is -1.27. The Balaban J connectivity index is 2.23. The molecule has 2 atom stereocenters. The maximum atomic E-state index is 12.6. The number of ketones is 1. The highest BCUT2D eigenvalue weighted by molar-refractivity contribution is 5.97. The minimum atomic E-state index is -0.984. The maximum absolute atomic E-state index is 12.6. The van der Waals surface area contributed by atoms with Crippen molar-refractivity contribution in [1.29, 1.82) is 0 Å². The van der Waals surface area contributed by atoms with Gasteiger partial charge in [0, 0.05) is 5.56 Å².